The van der Waals surface area contributed by atoms with Crippen LogP contribution in [-0.2, 0) is 0 Å². The van der Waals surface area contributed by atoms with Crippen molar-refractivity contribution >= 4 is 5.82 Å². The highest BCUT2D eigenvalue weighted by molar-refractivity contribution is 5.36. The van der Waals surface area contributed by atoms with E-state index in [0.29, 0.717) is 17.4 Å². The van der Waals surface area contributed by atoms with E-state index in [4.69, 9.17) is 4.74 Å². The highest BCUT2D eigenvalue weighted by Crippen LogP contribution is 2.36. The van der Waals surface area contributed by atoms with Gasteiger partial charge in [0.05, 0.1) is 0 Å². The Morgan fingerprint density at radius 2 is 2.06 bits per heavy atom. The summed E-state index contributed by atoms with van der Waals surface area (Å²) in [6.07, 6.45) is 6.55. The average molecular weight is 249 g/mol. The summed E-state index contributed by atoms with van der Waals surface area (Å²) in [4.78, 5) is 8.32. The maximum absolute atomic E-state index is 5.94. The fraction of sp³-hybridized carbons (Fsp3) is 0.714. The maximum atomic E-state index is 5.94. The Hall–Kier alpha value is -1.32. The molecule has 1 aromatic rings. The lowest BCUT2D eigenvalue weighted by atomic mass is 9.76. The van der Waals surface area contributed by atoms with E-state index in [1.54, 1.807) is 6.33 Å². The van der Waals surface area contributed by atoms with E-state index >= 15 is 0 Å². The van der Waals surface area contributed by atoms with Gasteiger partial charge in [-0.25, -0.2) is 9.97 Å². The van der Waals surface area contributed by atoms with Crippen LogP contribution in [0.2, 0.25) is 0 Å². The molecule has 1 aliphatic carbocycles. The number of nitrogens with zero attached hydrogens (tertiary/aromatic N) is 2. The maximum Gasteiger partial charge on any atom is 0.218 e. The smallest absolute Gasteiger partial charge is 0.218 e. The predicted octanol–water partition coefficient (Wildman–Crippen LogP) is 3.26. The molecule has 0 aliphatic heterocycles. The first kappa shape index (κ1) is 13.1. The second-order valence-corrected chi connectivity index (χ2v) is 5.75. The largest absolute Gasteiger partial charge is 0.474 e. The molecule has 0 amide bonds. The molecular weight excluding hydrogens is 226 g/mol. The Kier molecular flexibility index (Phi) is 4.04. The summed E-state index contributed by atoms with van der Waals surface area (Å²) in [7, 11) is 0. The summed E-state index contributed by atoms with van der Waals surface area (Å²) in [5.41, 5.74) is 0.473. The minimum absolute atomic E-state index is 0.308. The van der Waals surface area contributed by atoms with Gasteiger partial charge in [-0.3, -0.25) is 0 Å². The van der Waals surface area contributed by atoms with Gasteiger partial charge in [-0.05, 0) is 38.0 Å². The number of nitrogens with one attached hydrogen (secondary N) is 1. The average Bonchev–Trinajstić information content (AvgIpc) is 2.33. The van der Waals surface area contributed by atoms with E-state index in [1.807, 2.05) is 13.0 Å². The topological polar surface area (TPSA) is 47.0 Å². The van der Waals surface area contributed by atoms with Crippen LogP contribution in [0.25, 0.3) is 0 Å². The van der Waals surface area contributed by atoms with Gasteiger partial charge in [0.15, 0.2) is 0 Å². The first-order valence-corrected chi connectivity index (χ1v) is 6.82. The third-order valence-corrected chi connectivity index (χ3v) is 3.57. The third-order valence-electron chi connectivity index (χ3n) is 3.57. The zero-order valence-electron chi connectivity index (χ0n) is 11.6. The van der Waals surface area contributed by atoms with Crippen LogP contribution in [0.1, 0.15) is 46.5 Å². The number of rotatable bonds is 4. The van der Waals surface area contributed by atoms with Crippen LogP contribution in [0.3, 0.4) is 0 Å². The monoisotopic (exact) mass is 249 g/mol. The zero-order valence-corrected chi connectivity index (χ0v) is 11.6. The fourth-order valence-corrected chi connectivity index (χ4v) is 2.34. The van der Waals surface area contributed by atoms with E-state index in [9.17, 15) is 0 Å². The molecule has 18 heavy (non-hydrogen) atoms. The lowest BCUT2D eigenvalue weighted by molar-refractivity contribution is 0.0948. The Morgan fingerprint density at radius 3 is 2.72 bits per heavy atom. The number of aromatic nitrogens is 2. The molecule has 1 N–H and O–H groups in total. The van der Waals surface area contributed by atoms with E-state index in [1.165, 1.54) is 12.8 Å². The summed E-state index contributed by atoms with van der Waals surface area (Å²) in [5.74, 6) is 1.52. The standard InChI is InChI=1S/C14H23N3O/c1-4-15-12-9-13(17-10-16-12)18-11-5-7-14(2,3)8-6-11/h9-11H,4-8H2,1-3H3,(H,15,16,17). The van der Waals surface area contributed by atoms with Gasteiger partial charge in [0.1, 0.15) is 18.2 Å². The minimum atomic E-state index is 0.308. The van der Waals surface area contributed by atoms with Gasteiger partial charge in [0, 0.05) is 12.6 Å². The SMILES string of the molecule is CCNc1cc(OC2CCC(C)(C)CC2)ncn1. The lowest BCUT2D eigenvalue weighted by Gasteiger charge is -2.34. The predicted molar refractivity (Wildman–Crippen MR) is 72.9 cm³/mol. The van der Waals surface area contributed by atoms with Crippen LogP contribution >= 0.6 is 0 Å². The van der Waals surface area contributed by atoms with Gasteiger partial charge in [0.25, 0.3) is 0 Å². The molecule has 0 bridgehead atoms. The molecule has 4 nitrogen and oxygen atoms in total. The van der Waals surface area contributed by atoms with Gasteiger partial charge >= 0.3 is 0 Å². The minimum Gasteiger partial charge on any atom is -0.474 e. The van der Waals surface area contributed by atoms with Crippen molar-refractivity contribution < 1.29 is 4.74 Å². The molecule has 1 aromatic heterocycles. The quantitative estimate of drug-likeness (QED) is 0.889. The molecule has 1 aliphatic rings. The number of ether oxygens (including phenoxy) is 1. The molecule has 0 aromatic carbocycles. The first-order chi connectivity index (χ1) is 8.59. The van der Waals surface area contributed by atoms with E-state index in [-0.39, 0.29) is 0 Å². The van der Waals surface area contributed by atoms with Crippen LogP contribution in [0.5, 0.6) is 5.88 Å². The summed E-state index contributed by atoms with van der Waals surface area (Å²) >= 11 is 0. The van der Waals surface area contributed by atoms with Crippen LogP contribution in [0.4, 0.5) is 5.82 Å². The number of hydrogen-bond acceptors (Lipinski definition) is 4. The Balaban J connectivity index is 1.91. The molecule has 4 heteroatoms. The van der Waals surface area contributed by atoms with Gasteiger partial charge in [-0.1, -0.05) is 13.8 Å². The summed E-state index contributed by atoms with van der Waals surface area (Å²) in [6.45, 7) is 7.56. The molecule has 0 radical (unpaired) electrons. The second-order valence-electron chi connectivity index (χ2n) is 5.75. The van der Waals surface area contributed by atoms with Crippen molar-refractivity contribution in [3.05, 3.63) is 12.4 Å². The van der Waals surface area contributed by atoms with Crippen molar-refractivity contribution in [3.8, 4) is 5.88 Å². The van der Waals surface area contributed by atoms with Crippen molar-refractivity contribution in [1.82, 2.24) is 9.97 Å². The summed E-state index contributed by atoms with van der Waals surface area (Å²) < 4.78 is 5.94. The first-order valence-electron chi connectivity index (χ1n) is 6.82. The zero-order chi connectivity index (χ0) is 13.0. The highest BCUT2D eigenvalue weighted by atomic mass is 16.5. The van der Waals surface area contributed by atoms with Crippen molar-refractivity contribution in [2.45, 2.75) is 52.6 Å². The molecule has 0 atom stereocenters. The number of hydrogen-bond donors (Lipinski definition) is 1. The van der Waals surface area contributed by atoms with Gasteiger partial charge in [-0.15, -0.1) is 0 Å². The summed E-state index contributed by atoms with van der Waals surface area (Å²) in [5, 5.41) is 3.17. The molecule has 0 spiro atoms. The molecular formula is C14H23N3O. The van der Waals surface area contributed by atoms with Crippen molar-refractivity contribution in [3.63, 3.8) is 0 Å². The van der Waals surface area contributed by atoms with Crippen LogP contribution < -0.4 is 10.1 Å². The second kappa shape index (κ2) is 5.55. The fourth-order valence-electron chi connectivity index (χ4n) is 2.34. The van der Waals surface area contributed by atoms with E-state index in [0.717, 1.165) is 25.2 Å². The van der Waals surface area contributed by atoms with E-state index in [2.05, 4.69) is 29.1 Å². The third kappa shape index (κ3) is 3.59. The molecule has 0 unspecified atom stereocenters. The van der Waals surface area contributed by atoms with Gasteiger partial charge in [0.2, 0.25) is 5.88 Å². The molecule has 1 saturated carbocycles. The molecule has 0 saturated heterocycles. The summed E-state index contributed by atoms with van der Waals surface area (Å²) in [6, 6.07) is 1.88. The lowest BCUT2D eigenvalue weighted by Crippen LogP contribution is -2.28. The number of anilines is 1. The van der Waals surface area contributed by atoms with Gasteiger partial charge < -0.3 is 10.1 Å². The van der Waals surface area contributed by atoms with Crippen LogP contribution in [0, 0.1) is 5.41 Å². The molecule has 1 heterocycles. The molecule has 2 rings (SSSR count). The van der Waals surface area contributed by atoms with Gasteiger partial charge in [-0.2, -0.15) is 0 Å². The van der Waals surface area contributed by atoms with Crippen molar-refractivity contribution in [2.75, 3.05) is 11.9 Å². The van der Waals surface area contributed by atoms with Crippen molar-refractivity contribution in [2.24, 2.45) is 5.41 Å². The highest BCUT2D eigenvalue weighted by Gasteiger charge is 2.27. The van der Waals surface area contributed by atoms with Crippen LogP contribution in [0.15, 0.2) is 12.4 Å². The molecule has 1 fully saturated rings. The Morgan fingerprint density at radius 1 is 1.33 bits per heavy atom. The Bertz CT molecular complexity index is 382. The Labute approximate surface area is 109 Å². The van der Waals surface area contributed by atoms with Crippen LogP contribution in [-0.4, -0.2) is 22.6 Å². The van der Waals surface area contributed by atoms with Crippen molar-refractivity contribution in [1.29, 1.82) is 0 Å². The van der Waals surface area contributed by atoms with E-state index < -0.39 is 0 Å². The molecule has 100 valence electrons. The normalized spacial score (nSPS) is 19.5.